The molecule has 0 heterocycles. The van der Waals surface area contributed by atoms with Crippen molar-refractivity contribution in [2.24, 2.45) is 5.92 Å². The molecule has 0 aliphatic carbocycles. The standard InChI is InChI=1S/C25H31N3O3S/c1-18(2)24(25(29)26-16-21-11-7-8-12-22(21)17-28(3)4)27-32(30,31)23-14-13-19-9-5-6-10-20(19)15-23/h5-15,18,24,27H,16-17H2,1-4H3,(H,26,29). The van der Waals surface area contributed by atoms with Crippen LogP contribution in [0.3, 0.4) is 0 Å². The largest absolute Gasteiger partial charge is 0.351 e. The van der Waals surface area contributed by atoms with Gasteiger partial charge in [-0.15, -0.1) is 0 Å². The molecule has 3 aromatic rings. The Bertz CT molecular complexity index is 1190. The van der Waals surface area contributed by atoms with Crippen LogP contribution in [0, 0.1) is 5.92 Å². The van der Waals surface area contributed by atoms with Crippen LogP contribution in [-0.2, 0) is 27.9 Å². The van der Waals surface area contributed by atoms with Gasteiger partial charge < -0.3 is 10.2 Å². The molecule has 1 atom stereocenters. The molecule has 0 saturated heterocycles. The maximum Gasteiger partial charge on any atom is 0.241 e. The van der Waals surface area contributed by atoms with Crippen LogP contribution in [0.15, 0.2) is 71.6 Å². The first kappa shape index (κ1) is 23.9. The van der Waals surface area contributed by atoms with Gasteiger partial charge in [-0.05, 0) is 54.0 Å². The lowest BCUT2D eigenvalue weighted by molar-refractivity contribution is -0.123. The molecule has 6 nitrogen and oxygen atoms in total. The van der Waals surface area contributed by atoms with Gasteiger partial charge in [-0.3, -0.25) is 4.79 Å². The number of hydrogen-bond donors (Lipinski definition) is 2. The van der Waals surface area contributed by atoms with Gasteiger partial charge in [0.25, 0.3) is 0 Å². The lowest BCUT2D eigenvalue weighted by Gasteiger charge is -2.22. The highest BCUT2D eigenvalue weighted by Crippen LogP contribution is 2.20. The number of benzene rings is 3. The minimum Gasteiger partial charge on any atom is -0.351 e. The Kier molecular flexibility index (Phi) is 7.66. The average molecular weight is 454 g/mol. The number of nitrogens with one attached hydrogen (secondary N) is 2. The zero-order valence-electron chi connectivity index (χ0n) is 19.0. The molecule has 7 heteroatoms. The number of carbonyl (C=O) groups excluding carboxylic acids is 1. The number of carbonyl (C=O) groups is 1. The molecule has 170 valence electrons. The zero-order chi connectivity index (χ0) is 23.3. The second-order valence-electron chi connectivity index (χ2n) is 8.58. The van der Waals surface area contributed by atoms with Crippen molar-refractivity contribution in [2.45, 2.75) is 37.9 Å². The second kappa shape index (κ2) is 10.3. The molecular weight excluding hydrogens is 422 g/mol. The predicted octanol–water partition coefficient (Wildman–Crippen LogP) is 3.52. The highest BCUT2D eigenvalue weighted by atomic mass is 32.2. The fraction of sp³-hybridized carbons (Fsp3) is 0.320. The van der Waals surface area contributed by atoms with Gasteiger partial charge >= 0.3 is 0 Å². The summed E-state index contributed by atoms with van der Waals surface area (Å²) >= 11 is 0. The molecule has 3 aromatic carbocycles. The fourth-order valence-electron chi connectivity index (χ4n) is 3.58. The third kappa shape index (κ3) is 5.94. The van der Waals surface area contributed by atoms with E-state index >= 15 is 0 Å². The van der Waals surface area contributed by atoms with E-state index in [0.29, 0.717) is 6.54 Å². The molecule has 0 radical (unpaired) electrons. The van der Waals surface area contributed by atoms with Crippen molar-refractivity contribution in [3.8, 4) is 0 Å². The second-order valence-corrected chi connectivity index (χ2v) is 10.3. The third-order valence-corrected chi connectivity index (χ3v) is 6.76. The summed E-state index contributed by atoms with van der Waals surface area (Å²) in [6, 6.07) is 19.6. The predicted molar refractivity (Wildman–Crippen MR) is 129 cm³/mol. The Hall–Kier alpha value is -2.74. The van der Waals surface area contributed by atoms with E-state index < -0.39 is 16.1 Å². The van der Waals surface area contributed by atoms with Crippen molar-refractivity contribution < 1.29 is 13.2 Å². The fourth-order valence-corrected chi connectivity index (χ4v) is 4.96. The van der Waals surface area contributed by atoms with Gasteiger partial charge in [0.15, 0.2) is 0 Å². The van der Waals surface area contributed by atoms with Crippen LogP contribution in [0.1, 0.15) is 25.0 Å². The average Bonchev–Trinajstić information content (AvgIpc) is 2.75. The number of nitrogens with zero attached hydrogens (tertiary/aromatic N) is 1. The van der Waals surface area contributed by atoms with Crippen molar-refractivity contribution in [1.82, 2.24) is 14.9 Å². The van der Waals surface area contributed by atoms with Crippen molar-refractivity contribution in [3.05, 3.63) is 77.9 Å². The Morgan fingerprint density at radius 2 is 1.53 bits per heavy atom. The van der Waals surface area contributed by atoms with Crippen LogP contribution >= 0.6 is 0 Å². The van der Waals surface area contributed by atoms with Crippen molar-refractivity contribution >= 4 is 26.7 Å². The summed E-state index contributed by atoms with van der Waals surface area (Å²) in [5, 5.41) is 4.70. The van der Waals surface area contributed by atoms with Gasteiger partial charge in [-0.1, -0.05) is 68.4 Å². The molecule has 32 heavy (non-hydrogen) atoms. The minimum atomic E-state index is -3.87. The van der Waals surface area contributed by atoms with Crippen molar-refractivity contribution in [1.29, 1.82) is 0 Å². The van der Waals surface area contributed by atoms with Crippen LogP contribution in [0.5, 0.6) is 0 Å². The molecule has 1 unspecified atom stereocenters. The Morgan fingerprint density at radius 3 is 2.19 bits per heavy atom. The van der Waals surface area contributed by atoms with Crippen LogP contribution in [0.25, 0.3) is 10.8 Å². The van der Waals surface area contributed by atoms with Crippen molar-refractivity contribution in [3.63, 3.8) is 0 Å². The smallest absolute Gasteiger partial charge is 0.241 e. The molecule has 1 amide bonds. The van der Waals surface area contributed by atoms with E-state index in [9.17, 15) is 13.2 Å². The van der Waals surface area contributed by atoms with Crippen LogP contribution in [0.2, 0.25) is 0 Å². The molecule has 3 rings (SSSR count). The maximum atomic E-state index is 13.0. The van der Waals surface area contributed by atoms with Gasteiger partial charge in [0.05, 0.1) is 4.90 Å². The minimum absolute atomic E-state index is 0.144. The molecule has 0 saturated carbocycles. The molecule has 0 aromatic heterocycles. The van der Waals surface area contributed by atoms with Gasteiger partial charge in [0.1, 0.15) is 6.04 Å². The Labute approximate surface area is 190 Å². The monoisotopic (exact) mass is 453 g/mol. The number of hydrogen-bond acceptors (Lipinski definition) is 4. The maximum absolute atomic E-state index is 13.0. The van der Waals surface area contributed by atoms with E-state index in [2.05, 4.69) is 14.9 Å². The van der Waals surface area contributed by atoms with Gasteiger partial charge in [0.2, 0.25) is 15.9 Å². The van der Waals surface area contributed by atoms with Gasteiger partial charge in [-0.2, -0.15) is 4.72 Å². The number of rotatable bonds is 9. The summed E-state index contributed by atoms with van der Waals surface area (Å²) in [6.45, 7) is 4.75. The third-order valence-electron chi connectivity index (χ3n) is 5.32. The van der Waals surface area contributed by atoms with Gasteiger partial charge in [0, 0.05) is 13.1 Å². The van der Waals surface area contributed by atoms with E-state index in [1.165, 1.54) is 0 Å². The van der Waals surface area contributed by atoms with Crippen LogP contribution in [0.4, 0.5) is 0 Å². The Balaban J connectivity index is 1.75. The highest BCUT2D eigenvalue weighted by Gasteiger charge is 2.28. The number of amides is 1. The van der Waals surface area contributed by atoms with E-state index in [-0.39, 0.29) is 16.7 Å². The van der Waals surface area contributed by atoms with Crippen LogP contribution < -0.4 is 10.0 Å². The lowest BCUT2D eigenvalue weighted by Crippen LogP contribution is -2.49. The first-order valence-electron chi connectivity index (χ1n) is 10.7. The number of sulfonamides is 1. The normalized spacial score (nSPS) is 12.9. The summed E-state index contributed by atoms with van der Waals surface area (Å²) in [6.07, 6.45) is 0. The number of fused-ring (bicyclic) bond motifs is 1. The first-order valence-corrected chi connectivity index (χ1v) is 12.2. The summed E-state index contributed by atoms with van der Waals surface area (Å²) in [5.74, 6) is -0.564. The molecule has 0 spiro atoms. The lowest BCUT2D eigenvalue weighted by atomic mass is 10.0. The molecule has 0 aliphatic heterocycles. The summed E-state index contributed by atoms with van der Waals surface area (Å²) in [4.78, 5) is 15.2. The van der Waals surface area contributed by atoms with E-state index in [1.54, 1.807) is 18.2 Å². The van der Waals surface area contributed by atoms with Gasteiger partial charge in [-0.25, -0.2) is 8.42 Å². The summed E-state index contributed by atoms with van der Waals surface area (Å²) in [7, 11) is 0.118. The molecule has 2 N–H and O–H groups in total. The zero-order valence-corrected chi connectivity index (χ0v) is 19.8. The van der Waals surface area contributed by atoms with Crippen molar-refractivity contribution in [2.75, 3.05) is 14.1 Å². The molecule has 0 aliphatic rings. The van der Waals surface area contributed by atoms with E-state index in [1.807, 2.05) is 76.5 Å². The molecule has 0 bridgehead atoms. The Morgan fingerprint density at radius 1 is 0.906 bits per heavy atom. The first-order chi connectivity index (χ1) is 15.2. The van der Waals surface area contributed by atoms with Crippen LogP contribution in [-0.4, -0.2) is 39.4 Å². The topological polar surface area (TPSA) is 78.5 Å². The quantitative estimate of drug-likeness (QED) is 0.520. The highest BCUT2D eigenvalue weighted by molar-refractivity contribution is 7.89. The molecular formula is C25H31N3O3S. The SMILES string of the molecule is CC(C)C(NS(=O)(=O)c1ccc2ccccc2c1)C(=O)NCc1ccccc1CN(C)C. The summed E-state index contributed by atoms with van der Waals surface area (Å²) in [5.41, 5.74) is 2.13. The van der Waals surface area contributed by atoms with E-state index in [4.69, 9.17) is 0 Å². The molecule has 0 fully saturated rings. The van der Waals surface area contributed by atoms with E-state index in [0.717, 1.165) is 28.4 Å². The summed E-state index contributed by atoms with van der Waals surface area (Å²) < 4.78 is 28.7.